The molecule has 0 unspecified atom stereocenters. The van der Waals surface area contributed by atoms with Crippen LogP contribution >= 0.6 is 38.9 Å². The second-order valence-electron chi connectivity index (χ2n) is 17.5. The second kappa shape index (κ2) is 20.4. The number of rotatable bonds is 16. The zero-order valence-electron chi connectivity index (χ0n) is 38.4. The number of hydrogen-bond acceptors (Lipinski definition) is 5. The molecule has 72 heavy (non-hydrogen) atoms. The van der Waals surface area contributed by atoms with E-state index in [4.69, 9.17) is 38.8 Å². The monoisotopic (exact) mass is 1040 g/mol. The minimum absolute atomic E-state index is 0.0777. The van der Waals surface area contributed by atoms with Gasteiger partial charge in [0.05, 0.1) is 0 Å². The van der Waals surface area contributed by atoms with E-state index in [1.807, 2.05) is 231 Å². The van der Waals surface area contributed by atoms with Crippen LogP contribution in [0.1, 0.15) is 22.3 Å². The number of alkyl halides is 6. The molecular weight excluding hydrogens is 996 g/mol. The van der Waals surface area contributed by atoms with Crippen LogP contribution in [0.2, 0.25) is 0 Å². The van der Waals surface area contributed by atoms with Crippen LogP contribution in [-0.4, -0.2) is 7.32 Å². The molecule has 0 heterocycles. The van der Waals surface area contributed by atoms with Crippen LogP contribution in [0.15, 0.2) is 259 Å². The van der Waals surface area contributed by atoms with Crippen molar-refractivity contribution in [3.05, 3.63) is 271 Å². The quantitative estimate of drug-likeness (QED) is 0.0437. The summed E-state index contributed by atoms with van der Waals surface area (Å²) in [6.45, 7) is -9.75. The molecule has 0 aliphatic carbocycles. The van der Waals surface area contributed by atoms with Crippen molar-refractivity contribution in [2.24, 2.45) is 0 Å². The van der Waals surface area contributed by atoms with Gasteiger partial charge >= 0.3 is 429 Å². The first-order chi connectivity index (χ1) is 34.6. The maximum absolute atomic E-state index is 14.9. The topological polar surface area (TPSA) is 27.7 Å². The van der Waals surface area contributed by atoms with E-state index in [0.717, 1.165) is 11.1 Å². The third-order valence-electron chi connectivity index (χ3n) is 13.0. The summed E-state index contributed by atoms with van der Waals surface area (Å²) in [5.74, 6) is -0.784. The molecule has 9 rings (SSSR count). The van der Waals surface area contributed by atoms with Gasteiger partial charge in [-0.1, -0.05) is 0 Å². The molecule has 0 aromatic heterocycles. The molecule has 9 aromatic rings. The van der Waals surface area contributed by atoms with Crippen molar-refractivity contribution >= 4 is 78.1 Å². The van der Waals surface area contributed by atoms with Crippen molar-refractivity contribution in [2.45, 2.75) is 34.5 Å². The third kappa shape index (κ3) is 9.65. The maximum atomic E-state index is 14.9. The molecule has 3 nitrogen and oxygen atoms in total. The Kier molecular flexibility index (Phi) is 14.4. The van der Waals surface area contributed by atoms with Crippen LogP contribution in [0.3, 0.4) is 0 Å². The Balaban J connectivity index is 1.48. The predicted octanol–water partition coefficient (Wildman–Crippen LogP) is 14.0. The Morgan fingerprint density at radius 3 is 0.875 bits per heavy atom. The van der Waals surface area contributed by atoms with Crippen LogP contribution in [0.5, 0.6) is 5.75 Å². The van der Waals surface area contributed by atoms with E-state index in [2.05, 4.69) is 0 Å². The zero-order chi connectivity index (χ0) is 50.5. The summed E-state index contributed by atoms with van der Waals surface area (Å²) < 4.78 is 113. The molecule has 0 radical (unpaired) electrons. The summed E-state index contributed by atoms with van der Waals surface area (Å²) in [4.78, 5) is 1.30. The third-order valence-corrected chi connectivity index (χ3v) is 25.1. The summed E-state index contributed by atoms with van der Waals surface area (Å²) in [7, 11) is -2.11. The van der Waals surface area contributed by atoms with Crippen molar-refractivity contribution in [3.8, 4) is 5.75 Å². The summed E-state index contributed by atoms with van der Waals surface area (Å²) in [6, 6.07) is 73.4. The molecule has 0 aliphatic heterocycles. The van der Waals surface area contributed by atoms with Crippen LogP contribution in [-0.2, 0) is 33.6 Å². The number of thiol groups is 2. The average molecular weight is 1040 g/mol. The van der Waals surface area contributed by atoms with Crippen LogP contribution in [0, 0.1) is 0 Å². The first-order valence-electron chi connectivity index (χ1n) is 22.9. The van der Waals surface area contributed by atoms with Gasteiger partial charge in [0.1, 0.15) is 0 Å². The molecule has 0 atom stereocenters. The average Bonchev–Trinajstić information content (AvgIpc) is 3.39. The van der Waals surface area contributed by atoms with E-state index in [-0.39, 0.29) is 18.4 Å². The van der Waals surface area contributed by atoms with E-state index in [1.165, 1.54) is 0 Å². The number of halogens is 6. The van der Waals surface area contributed by atoms with Crippen molar-refractivity contribution < 1.29 is 39.9 Å². The summed E-state index contributed by atoms with van der Waals surface area (Å²) >= 11 is 9.56. The van der Waals surface area contributed by atoms with Crippen LogP contribution < -0.4 is 36.5 Å². The van der Waals surface area contributed by atoms with Gasteiger partial charge in [-0.2, -0.15) is 0 Å². The van der Waals surface area contributed by atoms with Crippen molar-refractivity contribution in [2.75, 3.05) is 0 Å². The molecule has 0 bridgehead atoms. The molecule has 0 saturated carbocycles. The molecule has 14 heteroatoms. The Hall–Kier alpha value is -6.10. The van der Waals surface area contributed by atoms with Crippen LogP contribution in [0.4, 0.5) is 26.3 Å². The molecule has 0 amide bonds. The minimum atomic E-state index is -5.21. The summed E-state index contributed by atoms with van der Waals surface area (Å²) in [5.41, 5.74) is -1.60. The van der Waals surface area contributed by atoms with E-state index in [0.29, 0.717) is 53.8 Å². The van der Waals surface area contributed by atoms with Gasteiger partial charge in [0.15, 0.2) is 0 Å². The Bertz CT molecular complexity index is 2860. The Morgan fingerprint density at radius 1 is 0.347 bits per heavy atom. The SMILES string of the molecule is FC(F)(F)c1cc(OB(OP(Cc2cccc(S)c2)(c2ccccc2)(c2ccccc2)c2ccccc2)OP(Cc2cccc(S)c2)(c2ccccc2)(c2ccccc2)c2ccccc2)cc(C(F)(F)F)c1. The van der Waals surface area contributed by atoms with E-state index >= 15 is 0 Å². The first kappa shape index (κ1) is 50.8. The zero-order valence-corrected chi connectivity index (χ0v) is 42.0. The van der Waals surface area contributed by atoms with Gasteiger partial charge < -0.3 is 0 Å². The molecule has 364 valence electrons. The second-order valence-corrected chi connectivity index (χ2v) is 27.5. The van der Waals surface area contributed by atoms with Gasteiger partial charge in [-0.3, -0.25) is 0 Å². The number of benzene rings is 9. The fraction of sp³-hybridized carbons (Fsp3) is 0.0690. The van der Waals surface area contributed by atoms with E-state index in [1.54, 1.807) is 0 Å². The van der Waals surface area contributed by atoms with Gasteiger partial charge in [0, 0.05) is 0 Å². The molecule has 9 aromatic carbocycles. The Labute approximate surface area is 426 Å². The first-order valence-corrected chi connectivity index (χ1v) is 28.5. The van der Waals surface area contributed by atoms with E-state index < -0.39 is 50.2 Å². The van der Waals surface area contributed by atoms with Gasteiger partial charge in [-0.15, -0.1) is 0 Å². The van der Waals surface area contributed by atoms with Gasteiger partial charge in [0.25, 0.3) is 0 Å². The fourth-order valence-corrected chi connectivity index (χ4v) is 21.8. The number of hydrogen-bond donors (Lipinski definition) is 2. The van der Waals surface area contributed by atoms with Crippen LogP contribution in [0.25, 0.3) is 0 Å². The summed E-state index contributed by atoms with van der Waals surface area (Å²) in [6.07, 6.45) is -10.2. The molecule has 0 aliphatic rings. The Morgan fingerprint density at radius 2 is 0.625 bits per heavy atom. The van der Waals surface area contributed by atoms with Gasteiger partial charge in [-0.05, 0) is 0 Å². The molecule has 0 spiro atoms. The van der Waals surface area contributed by atoms with E-state index in [9.17, 15) is 26.3 Å². The van der Waals surface area contributed by atoms with Crippen molar-refractivity contribution in [3.63, 3.8) is 0 Å². The molecule has 0 saturated heterocycles. The van der Waals surface area contributed by atoms with Gasteiger partial charge in [0.2, 0.25) is 0 Å². The van der Waals surface area contributed by atoms with Crippen molar-refractivity contribution in [1.29, 1.82) is 0 Å². The fourth-order valence-electron chi connectivity index (χ4n) is 9.90. The standard InChI is InChI=1S/C58H47BF6O3P2S2/c60-57(61,62)46-39-47(58(63,64)65)41-48(40-46)66-59(67-69(49-23-7-1-8-24-49,50-25-9-2-10-26-50,51-27-11-3-12-28-51)42-44-21-19-35-55(71)37-44)68-70(52-29-13-4-14-30-52,53-31-15-5-16-32-53,54-33-17-6-18-34-54)43-45-22-20-36-56(72)38-45/h1-41,71-72H,42-43H2. The molecule has 0 N–H and O–H groups in total. The van der Waals surface area contributed by atoms with Gasteiger partial charge in [-0.25, -0.2) is 0 Å². The van der Waals surface area contributed by atoms with Crippen molar-refractivity contribution in [1.82, 2.24) is 0 Å². The molecule has 0 fully saturated rings. The normalized spacial score (nSPS) is 13.3. The molecular formula is C58H47BF6O3P2S2. The predicted molar refractivity (Wildman–Crippen MR) is 290 cm³/mol. The summed E-state index contributed by atoms with van der Waals surface area (Å²) in [5, 5.41) is 4.03.